The Hall–Kier alpha value is -0.230. The Morgan fingerprint density at radius 3 is 2.76 bits per heavy atom. The molecule has 0 aromatic carbocycles. The molecule has 0 amide bonds. The summed E-state index contributed by atoms with van der Waals surface area (Å²) < 4.78 is 1.17. The highest BCUT2D eigenvalue weighted by Gasteiger charge is 2.15. The molecule has 0 aliphatic carbocycles. The van der Waals surface area contributed by atoms with Crippen LogP contribution in [0.5, 0.6) is 0 Å². The fourth-order valence-electron chi connectivity index (χ4n) is 1.73. The molecule has 92 valence electrons. The van der Waals surface area contributed by atoms with Gasteiger partial charge in [0.15, 0.2) is 0 Å². The van der Waals surface area contributed by atoms with Crippen LogP contribution in [-0.4, -0.2) is 11.5 Å². The van der Waals surface area contributed by atoms with E-state index in [4.69, 9.17) is 0 Å². The monoisotopic (exact) mass is 330 g/mol. The predicted octanol–water partition coefficient (Wildman–Crippen LogP) is 4.17. The molecule has 0 aliphatic heterocycles. The van der Waals surface area contributed by atoms with Gasteiger partial charge in [-0.2, -0.15) is 0 Å². The van der Waals surface area contributed by atoms with Gasteiger partial charge >= 0.3 is 0 Å². The van der Waals surface area contributed by atoms with Crippen molar-refractivity contribution < 1.29 is 0 Å². The smallest absolute Gasteiger partial charge is 0.0898 e. The lowest BCUT2D eigenvalue weighted by molar-refractivity contribution is 0.542. The lowest BCUT2D eigenvalue weighted by Gasteiger charge is -2.14. The minimum absolute atomic E-state index is 0.329. The molecule has 2 rings (SSSR count). The van der Waals surface area contributed by atoms with E-state index in [1.54, 1.807) is 22.7 Å². The van der Waals surface area contributed by atoms with Gasteiger partial charge in [-0.25, -0.2) is 4.98 Å². The fourth-order valence-corrected chi connectivity index (χ4v) is 3.89. The van der Waals surface area contributed by atoms with E-state index in [0.717, 1.165) is 18.0 Å². The van der Waals surface area contributed by atoms with Crippen molar-refractivity contribution in [1.29, 1.82) is 0 Å². The molecule has 5 heteroatoms. The Morgan fingerprint density at radius 2 is 2.24 bits per heavy atom. The number of likely N-dealkylation sites (N-methyl/N-ethyl adjacent to an activating group) is 1. The average Bonchev–Trinajstić information content (AvgIpc) is 2.87. The Morgan fingerprint density at radius 1 is 1.41 bits per heavy atom. The van der Waals surface area contributed by atoms with Crippen molar-refractivity contribution in [2.24, 2.45) is 0 Å². The third-order valence-electron chi connectivity index (χ3n) is 2.47. The molecule has 0 aliphatic rings. The maximum Gasteiger partial charge on any atom is 0.0898 e. The number of aromatic nitrogens is 1. The number of nitrogens with zero attached hydrogens (tertiary/aromatic N) is 1. The van der Waals surface area contributed by atoms with E-state index >= 15 is 0 Å². The van der Waals surface area contributed by atoms with E-state index in [1.165, 1.54) is 15.0 Å². The molecule has 0 saturated carbocycles. The lowest BCUT2D eigenvalue weighted by atomic mass is 10.1. The third-order valence-corrected chi connectivity index (χ3v) is 4.98. The Balaban J connectivity index is 2.12. The minimum Gasteiger partial charge on any atom is -0.309 e. The minimum atomic E-state index is 0.329. The normalized spacial score (nSPS) is 12.9. The second-order valence-corrected chi connectivity index (χ2v) is 6.81. The van der Waals surface area contributed by atoms with Gasteiger partial charge in [-0.05, 0) is 35.5 Å². The van der Waals surface area contributed by atoms with Gasteiger partial charge in [0, 0.05) is 26.5 Å². The molecule has 1 N–H and O–H groups in total. The Kier molecular flexibility index (Phi) is 4.73. The summed E-state index contributed by atoms with van der Waals surface area (Å²) in [5.41, 5.74) is 1.17. The molecular weight excluding hydrogens is 316 g/mol. The van der Waals surface area contributed by atoms with Gasteiger partial charge in [0.1, 0.15) is 0 Å². The summed E-state index contributed by atoms with van der Waals surface area (Å²) >= 11 is 7.01. The molecule has 0 spiro atoms. The van der Waals surface area contributed by atoms with E-state index in [-0.39, 0.29) is 0 Å². The molecule has 0 bridgehead atoms. The van der Waals surface area contributed by atoms with E-state index in [1.807, 2.05) is 0 Å². The number of thiazole rings is 1. The first kappa shape index (κ1) is 13.2. The quantitative estimate of drug-likeness (QED) is 0.889. The van der Waals surface area contributed by atoms with Crippen LogP contribution in [0.15, 0.2) is 21.3 Å². The van der Waals surface area contributed by atoms with Crippen LogP contribution in [0.2, 0.25) is 0 Å². The molecule has 0 radical (unpaired) electrons. The second kappa shape index (κ2) is 6.09. The van der Waals surface area contributed by atoms with E-state index in [2.05, 4.69) is 56.9 Å². The van der Waals surface area contributed by atoms with Crippen LogP contribution in [-0.2, 0) is 6.42 Å². The zero-order chi connectivity index (χ0) is 12.3. The summed E-state index contributed by atoms with van der Waals surface area (Å²) in [5, 5.41) is 8.93. The first-order chi connectivity index (χ1) is 8.19. The van der Waals surface area contributed by atoms with Crippen molar-refractivity contribution >= 4 is 38.6 Å². The number of thiophene rings is 1. The summed E-state index contributed by atoms with van der Waals surface area (Å²) in [6, 6.07) is 2.52. The lowest BCUT2D eigenvalue weighted by Crippen LogP contribution is -2.22. The van der Waals surface area contributed by atoms with Crippen LogP contribution >= 0.6 is 38.6 Å². The highest BCUT2D eigenvalue weighted by atomic mass is 79.9. The van der Waals surface area contributed by atoms with Crippen molar-refractivity contribution in [3.05, 3.63) is 36.9 Å². The highest BCUT2D eigenvalue weighted by molar-refractivity contribution is 9.10. The maximum absolute atomic E-state index is 4.58. The van der Waals surface area contributed by atoms with Crippen LogP contribution < -0.4 is 5.32 Å². The largest absolute Gasteiger partial charge is 0.309 e. The van der Waals surface area contributed by atoms with Crippen molar-refractivity contribution in [2.75, 3.05) is 6.54 Å². The fraction of sp³-hybridized carbons (Fsp3) is 0.417. The molecule has 2 heterocycles. The van der Waals surface area contributed by atoms with E-state index < -0.39 is 0 Å². The molecule has 1 unspecified atom stereocenters. The molecule has 2 aromatic rings. The van der Waals surface area contributed by atoms with Gasteiger partial charge in [-0.1, -0.05) is 6.92 Å². The van der Waals surface area contributed by atoms with Crippen LogP contribution in [0.1, 0.15) is 28.5 Å². The number of aryl methyl sites for hydroxylation is 1. The topological polar surface area (TPSA) is 24.9 Å². The van der Waals surface area contributed by atoms with Crippen molar-refractivity contribution in [1.82, 2.24) is 10.3 Å². The van der Waals surface area contributed by atoms with Gasteiger partial charge < -0.3 is 5.32 Å². The second-order valence-electron chi connectivity index (χ2n) is 3.84. The molecule has 1 atom stereocenters. The van der Waals surface area contributed by atoms with E-state index in [0.29, 0.717) is 6.04 Å². The number of halogens is 1. The zero-order valence-corrected chi connectivity index (χ0v) is 13.1. The van der Waals surface area contributed by atoms with Crippen molar-refractivity contribution in [3.8, 4) is 0 Å². The Bertz CT molecular complexity index is 478. The molecule has 2 aromatic heterocycles. The first-order valence-electron chi connectivity index (χ1n) is 5.57. The molecule has 2 nitrogen and oxygen atoms in total. The highest BCUT2D eigenvalue weighted by Crippen LogP contribution is 2.26. The van der Waals surface area contributed by atoms with Crippen LogP contribution in [0, 0.1) is 6.92 Å². The maximum atomic E-state index is 4.58. The average molecular weight is 331 g/mol. The van der Waals surface area contributed by atoms with Crippen LogP contribution in [0.3, 0.4) is 0 Å². The summed E-state index contributed by atoms with van der Waals surface area (Å²) in [4.78, 5) is 5.96. The van der Waals surface area contributed by atoms with Gasteiger partial charge in [0.25, 0.3) is 0 Å². The number of hydrogen-bond donors (Lipinski definition) is 1. The van der Waals surface area contributed by atoms with Gasteiger partial charge in [-0.15, -0.1) is 22.7 Å². The summed E-state index contributed by atoms with van der Waals surface area (Å²) in [5.74, 6) is 0. The molecular formula is C12H15BrN2S2. The van der Waals surface area contributed by atoms with E-state index in [9.17, 15) is 0 Å². The molecule has 0 fully saturated rings. The van der Waals surface area contributed by atoms with Crippen LogP contribution in [0.25, 0.3) is 0 Å². The zero-order valence-electron chi connectivity index (χ0n) is 9.87. The Labute approximate surface area is 118 Å². The SMILES string of the molecule is CCNC(Cc1cc(Br)cs1)c1csc(C)n1. The standard InChI is InChI=1S/C12H15BrN2S2/c1-3-14-11(12-7-16-8(2)15-12)5-10-4-9(13)6-17-10/h4,6-7,11,14H,3,5H2,1-2H3. The van der Waals surface area contributed by atoms with Gasteiger partial charge in [0.05, 0.1) is 16.7 Å². The number of rotatable bonds is 5. The van der Waals surface area contributed by atoms with Gasteiger partial charge in [-0.3, -0.25) is 0 Å². The number of hydrogen-bond acceptors (Lipinski definition) is 4. The molecule has 0 saturated heterocycles. The summed E-state index contributed by atoms with van der Waals surface area (Å²) in [6.45, 7) is 5.16. The third kappa shape index (κ3) is 3.61. The first-order valence-corrected chi connectivity index (χ1v) is 8.12. The van der Waals surface area contributed by atoms with Crippen LogP contribution in [0.4, 0.5) is 0 Å². The molecule has 17 heavy (non-hydrogen) atoms. The van der Waals surface area contributed by atoms with Gasteiger partial charge in [0.2, 0.25) is 0 Å². The number of nitrogens with one attached hydrogen (secondary N) is 1. The van der Waals surface area contributed by atoms with Crippen molar-refractivity contribution in [2.45, 2.75) is 26.3 Å². The predicted molar refractivity (Wildman–Crippen MR) is 79.0 cm³/mol. The van der Waals surface area contributed by atoms with Crippen molar-refractivity contribution in [3.63, 3.8) is 0 Å². The summed E-state index contributed by atoms with van der Waals surface area (Å²) in [7, 11) is 0. The summed E-state index contributed by atoms with van der Waals surface area (Å²) in [6.07, 6.45) is 1.01.